The van der Waals surface area contributed by atoms with E-state index in [-0.39, 0.29) is 17.3 Å². The van der Waals surface area contributed by atoms with Crippen molar-refractivity contribution in [1.82, 2.24) is 0 Å². The van der Waals surface area contributed by atoms with Gasteiger partial charge in [0.1, 0.15) is 24.4 Å². The van der Waals surface area contributed by atoms with E-state index in [9.17, 15) is 14.7 Å². The minimum Gasteiger partial charge on any atom is -0.455 e. The van der Waals surface area contributed by atoms with Crippen LogP contribution in [0, 0.1) is 5.92 Å². The third-order valence-electron chi connectivity index (χ3n) is 5.72. The van der Waals surface area contributed by atoms with E-state index in [1.165, 1.54) is 0 Å². The number of epoxide rings is 1. The summed E-state index contributed by atoms with van der Waals surface area (Å²) < 4.78 is 16.9. The summed E-state index contributed by atoms with van der Waals surface area (Å²) in [4.78, 5) is 24.4. The molecule has 0 radical (unpaired) electrons. The summed E-state index contributed by atoms with van der Waals surface area (Å²) in [6.07, 6.45) is 2.16. The number of hydrogen-bond donors (Lipinski definition) is 1. The van der Waals surface area contributed by atoms with Gasteiger partial charge in [-0.2, -0.15) is 0 Å². The first-order valence-electron chi connectivity index (χ1n) is 8.96. The Labute approximate surface area is 153 Å². The van der Waals surface area contributed by atoms with Crippen molar-refractivity contribution < 1.29 is 28.9 Å². The molecule has 0 aromatic heterocycles. The topological polar surface area (TPSA) is 85.4 Å². The molecular weight excluding hydrogens is 336 g/mol. The predicted octanol–water partition coefficient (Wildman–Crippen LogP) is 2.22. The Bertz CT molecular complexity index is 705. The number of ether oxygens (including phenoxy) is 3. The van der Waals surface area contributed by atoms with Crippen molar-refractivity contribution in [1.29, 1.82) is 0 Å². The Morgan fingerprint density at radius 2 is 2.19 bits per heavy atom. The highest BCUT2D eigenvalue weighted by Gasteiger charge is 2.63. The van der Waals surface area contributed by atoms with E-state index in [0.29, 0.717) is 12.0 Å². The molecule has 142 valence electrons. The van der Waals surface area contributed by atoms with E-state index in [0.717, 1.165) is 12.0 Å². The van der Waals surface area contributed by atoms with Crippen molar-refractivity contribution in [2.75, 3.05) is 0 Å². The molecule has 1 unspecified atom stereocenters. The Kier molecular flexibility index (Phi) is 4.84. The van der Waals surface area contributed by atoms with Gasteiger partial charge in [-0.15, -0.1) is 0 Å². The van der Waals surface area contributed by atoms with Crippen molar-refractivity contribution in [2.45, 2.75) is 70.6 Å². The van der Waals surface area contributed by atoms with E-state index in [1.807, 2.05) is 19.9 Å². The van der Waals surface area contributed by atoms with E-state index >= 15 is 0 Å². The first kappa shape index (κ1) is 18.9. The number of allylic oxidation sites excluding steroid dienone is 2. The van der Waals surface area contributed by atoms with Gasteiger partial charge in [-0.25, -0.2) is 9.59 Å². The number of esters is 2. The van der Waals surface area contributed by atoms with Crippen LogP contribution in [0.1, 0.15) is 40.5 Å². The van der Waals surface area contributed by atoms with E-state index in [4.69, 9.17) is 14.2 Å². The fourth-order valence-electron chi connectivity index (χ4n) is 3.78. The number of carbonyl (C=O) groups excluding carboxylic acids is 2. The highest BCUT2D eigenvalue weighted by atomic mass is 16.6. The molecule has 6 heteroatoms. The monoisotopic (exact) mass is 362 g/mol. The summed E-state index contributed by atoms with van der Waals surface area (Å²) in [5.74, 6) is -1.71. The molecule has 0 aromatic carbocycles. The van der Waals surface area contributed by atoms with Crippen molar-refractivity contribution in [3.63, 3.8) is 0 Å². The van der Waals surface area contributed by atoms with Crippen LogP contribution in [0.4, 0.5) is 0 Å². The predicted molar refractivity (Wildman–Crippen MR) is 94.1 cm³/mol. The minimum absolute atomic E-state index is 0.192. The molecule has 0 bridgehead atoms. The molecule has 0 saturated carbocycles. The van der Waals surface area contributed by atoms with Crippen LogP contribution in [0.2, 0.25) is 0 Å². The van der Waals surface area contributed by atoms with E-state index in [2.05, 4.69) is 6.58 Å². The van der Waals surface area contributed by atoms with Crippen LogP contribution in [0.5, 0.6) is 0 Å². The van der Waals surface area contributed by atoms with Gasteiger partial charge in [-0.05, 0) is 46.1 Å². The lowest BCUT2D eigenvalue weighted by Crippen LogP contribution is -2.44. The van der Waals surface area contributed by atoms with Crippen LogP contribution in [0.3, 0.4) is 0 Å². The molecule has 2 saturated heterocycles. The van der Waals surface area contributed by atoms with Gasteiger partial charge in [0.2, 0.25) is 0 Å². The quantitative estimate of drug-likeness (QED) is 0.351. The Morgan fingerprint density at radius 1 is 1.50 bits per heavy atom. The first-order valence-corrected chi connectivity index (χ1v) is 8.96. The molecule has 0 aromatic rings. The second-order valence-corrected chi connectivity index (χ2v) is 7.55. The molecule has 2 heterocycles. The molecule has 2 fully saturated rings. The van der Waals surface area contributed by atoms with Crippen LogP contribution in [0.25, 0.3) is 0 Å². The summed E-state index contributed by atoms with van der Waals surface area (Å²) in [6.45, 7) is 11.0. The van der Waals surface area contributed by atoms with Gasteiger partial charge in [0.05, 0.1) is 11.5 Å². The molecule has 26 heavy (non-hydrogen) atoms. The molecular formula is C20H26O6. The standard InChI is InChI=1S/C20H26O6/c1-6-10(2)18(22)24-15-11(3)8-7-9-20(5)17(26-20)16-13(14(15)21)12(4)19(23)25-16/h6,8,13-17,21H,4,7,9H2,1-3,5H3/b10-6-,11-8+/t13?,14-,15-,16-,17-,20+/m1/s1. The maximum absolute atomic E-state index is 12.3. The maximum Gasteiger partial charge on any atom is 0.334 e. The zero-order chi connectivity index (χ0) is 19.2. The summed E-state index contributed by atoms with van der Waals surface area (Å²) >= 11 is 0. The first-order chi connectivity index (χ1) is 12.2. The number of carbonyl (C=O) groups is 2. The molecule has 2 aliphatic heterocycles. The van der Waals surface area contributed by atoms with Crippen LogP contribution in [-0.4, -0.2) is 47.1 Å². The largest absolute Gasteiger partial charge is 0.455 e. The van der Waals surface area contributed by atoms with Crippen molar-refractivity contribution in [2.24, 2.45) is 5.92 Å². The third kappa shape index (κ3) is 3.12. The number of rotatable bonds is 2. The van der Waals surface area contributed by atoms with Gasteiger partial charge in [-0.1, -0.05) is 18.7 Å². The summed E-state index contributed by atoms with van der Waals surface area (Å²) in [5.41, 5.74) is 1.00. The fourth-order valence-corrected chi connectivity index (χ4v) is 3.78. The van der Waals surface area contributed by atoms with E-state index in [1.54, 1.807) is 19.9 Å². The normalized spacial score (nSPS) is 42.1. The third-order valence-corrected chi connectivity index (χ3v) is 5.72. The molecule has 1 aliphatic carbocycles. The average Bonchev–Trinajstić information content (AvgIpc) is 3.18. The molecule has 3 aliphatic rings. The second kappa shape index (κ2) is 6.67. The number of aliphatic hydroxyl groups is 1. The highest BCUT2D eigenvalue weighted by molar-refractivity contribution is 5.91. The SMILES string of the molecule is C=C1C(=O)O[C@@H]2C1[C@@H](O)[C@H](OC(=O)/C(C)=C\C)/C(C)=C/CC[C@]1(C)O[C@H]21. The van der Waals surface area contributed by atoms with Crippen LogP contribution in [0.15, 0.2) is 35.5 Å². The molecule has 3 rings (SSSR count). The smallest absolute Gasteiger partial charge is 0.334 e. The molecule has 0 spiro atoms. The number of hydrogen-bond acceptors (Lipinski definition) is 6. The zero-order valence-electron chi connectivity index (χ0n) is 15.7. The number of fused-ring (bicyclic) bond motifs is 3. The molecule has 6 atom stereocenters. The lowest BCUT2D eigenvalue weighted by Gasteiger charge is -2.31. The van der Waals surface area contributed by atoms with Crippen LogP contribution < -0.4 is 0 Å². The van der Waals surface area contributed by atoms with Crippen molar-refractivity contribution >= 4 is 11.9 Å². The molecule has 1 N–H and O–H groups in total. The Balaban J connectivity index is 1.96. The molecule has 0 amide bonds. The molecule has 6 nitrogen and oxygen atoms in total. The second-order valence-electron chi connectivity index (χ2n) is 7.55. The van der Waals surface area contributed by atoms with Gasteiger partial charge >= 0.3 is 11.9 Å². The van der Waals surface area contributed by atoms with Crippen LogP contribution in [-0.2, 0) is 23.8 Å². The van der Waals surface area contributed by atoms with Gasteiger partial charge in [0, 0.05) is 11.1 Å². The summed E-state index contributed by atoms with van der Waals surface area (Å²) in [7, 11) is 0. The van der Waals surface area contributed by atoms with Gasteiger partial charge in [0.15, 0.2) is 0 Å². The summed E-state index contributed by atoms with van der Waals surface area (Å²) in [5, 5.41) is 11.1. The average molecular weight is 362 g/mol. The maximum atomic E-state index is 12.3. The zero-order valence-corrected chi connectivity index (χ0v) is 15.7. The Morgan fingerprint density at radius 3 is 2.85 bits per heavy atom. The van der Waals surface area contributed by atoms with Gasteiger partial charge < -0.3 is 19.3 Å². The van der Waals surface area contributed by atoms with Crippen LogP contribution >= 0.6 is 0 Å². The van der Waals surface area contributed by atoms with E-state index < -0.39 is 36.2 Å². The van der Waals surface area contributed by atoms with Crippen molar-refractivity contribution in [3.8, 4) is 0 Å². The minimum atomic E-state index is -1.14. The lowest BCUT2D eigenvalue weighted by atomic mass is 9.81. The van der Waals surface area contributed by atoms with Gasteiger partial charge in [0.25, 0.3) is 0 Å². The summed E-state index contributed by atoms with van der Waals surface area (Å²) in [6, 6.07) is 0. The van der Waals surface area contributed by atoms with Gasteiger partial charge in [-0.3, -0.25) is 0 Å². The Hall–Kier alpha value is -1.92. The highest BCUT2D eigenvalue weighted by Crippen LogP contribution is 2.50. The van der Waals surface area contributed by atoms with Crippen molar-refractivity contribution in [3.05, 3.63) is 35.5 Å². The fraction of sp³-hybridized carbons (Fsp3) is 0.600. The number of aliphatic hydroxyl groups excluding tert-OH is 1. The lowest BCUT2D eigenvalue weighted by molar-refractivity contribution is -0.151.